The predicted molar refractivity (Wildman–Crippen MR) is 142 cm³/mol. The third-order valence-electron chi connectivity index (χ3n) is 6.93. The third-order valence-corrected chi connectivity index (χ3v) is 6.93. The van der Waals surface area contributed by atoms with Gasteiger partial charge < -0.3 is 10.6 Å². The van der Waals surface area contributed by atoms with Crippen molar-refractivity contribution < 1.29 is 19.2 Å². The van der Waals surface area contributed by atoms with Gasteiger partial charge in [0.2, 0.25) is 11.8 Å². The van der Waals surface area contributed by atoms with Crippen LogP contribution in [-0.4, -0.2) is 23.6 Å². The molecule has 0 radical (unpaired) electrons. The number of rotatable bonds is 5. The van der Waals surface area contributed by atoms with E-state index in [1.807, 2.05) is 44.2 Å². The van der Waals surface area contributed by atoms with Crippen molar-refractivity contribution in [2.24, 2.45) is 11.8 Å². The normalized spacial score (nSPS) is 18.8. The Balaban J connectivity index is 1.21. The SMILES string of the molecule is CC1=CC[C@@H]2C(=O)N(c3ccc(C(=O)Nc4ccc(C(=O)Nc5ccc(C)cc5)cc4)cc3)C(=O)[C@H]2C1. The standard InChI is InChI=1S/C30H27N3O4/c1-18-3-10-22(11-4-18)31-27(34)20-6-12-23(13-7-20)32-28(35)21-8-14-24(15-9-21)33-29(36)25-16-5-19(2)17-26(25)30(33)37/h3-15,25-26H,16-17H2,1-2H3,(H,31,34)(H,32,35)/t25-,26-/m0/s1. The molecule has 1 aliphatic carbocycles. The molecule has 7 nitrogen and oxygen atoms in total. The highest BCUT2D eigenvalue weighted by molar-refractivity contribution is 6.22. The molecule has 0 bridgehead atoms. The molecule has 0 spiro atoms. The number of benzene rings is 3. The highest BCUT2D eigenvalue weighted by Gasteiger charge is 2.48. The molecule has 4 amide bonds. The maximum Gasteiger partial charge on any atom is 0.255 e. The number of carbonyl (C=O) groups is 4. The average Bonchev–Trinajstić information content (AvgIpc) is 3.14. The fraction of sp³-hybridized carbons (Fsp3) is 0.200. The Hall–Kier alpha value is -4.52. The van der Waals surface area contributed by atoms with Crippen LogP contribution in [0.3, 0.4) is 0 Å². The van der Waals surface area contributed by atoms with Crippen LogP contribution in [0, 0.1) is 18.8 Å². The Bertz CT molecular complexity index is 1410. The second-order valence-corrected chi connectivity index (χ2v) is 9.61. The van der Waals surface area contributed by atoms with Crippen molar-refractivity contribution in [3.8, 4) is 0 Å². The summed E-state index contributed by atoms with van der Waals surface area (Å²) >= 11 is 0. The van der Waals surface area contributed by atoms with E-state index in [0.717, 1.165) is 11.1 Å². The van der Waals surface area contributed by atoms with Gasteiger partial charge in [-0.1, -0.05) is 29.3 Å². The van der Waals surface area contributed by atoms with Gasteiger partial charge in [0.1, 0.15) is 0 Å². The van der Waals surface area contributed by atoms with Crippen molar-refractivity contribution in [1.82, 2.24) is 0 Å². The second kappa shape index (κ2) is 9.85. The maximum atomic E-state index is 12.9. The number of nitrogens with one attached hydrogen (secondary N) is 2. The number of carbonyl (C=O) groups excluding carboxylic acids is 4. The van der Waals surface area contributed by atoms with Gasteiger partial charge in [0.25, 0.3) is 11.8 Å². The molecule has 0 aromatic heterocycles. The third kappa shape index (κ3) is 4.93. The minimum Gasteiger partial charge on any atom is -0.322 e. The predicted octanol–water partition coefficient (Wildman–Crippen LogP) is 5.35. The van der Waals surface area contributed by atoms with Gasteiger partial charge in [-0.15, -0.1) is 0 Å². The first-order valence-corrected chi connectivity index (χ1v) is 12.2. The largest absolute Gasteiger partial charge is 0.322 e. The number of nitrogens with zero attached hydrogens (tertiary/aromatic N) is 1. The fourth-order valence-electron chi connectivity index (χ4n) is 4.80. The number of anilines is 3. The minimum atomic E-state index is -0.337. The molecule has 186 valence electrons. The molecule has 1 heterocycles. The molecule has 37 heavy (non-hydrogen) atoms. The lowest BCUT2D eigenvalue weighted by Crippen LogP contribution is -2.30. The van der Waals surface area contributed by atoms with Gasteiger partial charge >= 0.3 is 0 Å². The first kappa shape index (κ1) is 24.2. The molecule has 0 saturated carbocycles. The van der Waals surface area contributed by atoms with E-state index in [1.54, 1.807) is 48.5 Å². The lowest BCUT2D eigenvalue weighted by atomic mass is 9.82. The zero-order valence-electron chi connectivity index (χ0n) is 20.7. The van der Waals surface area contributed by atoms with Crippen molar-refractivity contribution in [2.45, 2.75) is 26.7 Å². The van der Waals surface area contributed by atoms with Gasteiger partial charge in [-0.3, -0.25) is 24.1 Å². The smallest absolute Gasteiger partial charge is 0.255 e. The van der Waals surface area contributed by atoms with Crippen molar-refractivity contribution in [3.63, 3.8) is 0 Å². The molecule has 1 aliphatic heterocycles. The monoisotopic (exact) mass is 493 g/mol. The van der Waals surface area contributed by atoms with E-state index in [1.165, 1.54) is 4.90 Å². The van der Waals surface area contributed by atoms with Crippen molar-refractivity contribution in [3.05, 3.63) is 101 Å². The number of hydrogen-bond acceptors (Lipinski definition) is 4. The molecule has 0 unspecified atom stereocenters. The molecular formula is C30H27N3O4. The highest BCUT2D eigenvalue weighted by atomic mass is 16.2. The zero-order valence-corrected chi connectivity index (χ0v) is 20.7. The highest BCUT2D eigenvalue weighted by Crippen LogP contribution is 2.39. The van der Waals surface area contributed by atoms with E-state index in [0.29, 0.717) is 41.0 Å². The van der Waals surface area contributed by atoms with Crippen LogP contribution in [0.15, 0.2) is 84.4 Å². The Morgan fingerprint density at radius 1 is 0.703 bits per heavy atom. The van der Waals surface area contributed by atoms with Crippen LogP contribution < -0.4 is 15.5 Å². The molecule has 5 rings (SSSR count). The van der Waals surface area contributed by atoms with Crippen molar-refractivity contribution >= 4 is 40.7 Å². The van der Waals surface area contributed by atoms with Gasteiger partial charge in [0, 0.05) is 22.5 Å². The van der Waals surface area contributed by atoms with Crippen LogP contribution in [0.25, 0.3) is 0 Å². The summed E-state index contributed by atoms with van der Waals surface area (Å²) in [5.74, 6) is -1.54. The summed E-state index contributed by atoms with van der Waals surface area (Å²) in [6, 6.07) is 20.6. The molecule has 3 aromatic carbocycles. The molecular weight excluding hydrogens is 466 g/mol. The summed E-state index contributed by atoms with van der Waals surface area (Å²) in [6.45, 7) is 3.96. The number of aryl methyl sites for hydroxylation is 1. The summed E-state index contributed by atoms with van der Waals surface area (Å²) in [6.07, 6.45) is 3.23. The lowest BCUT2D eigenvalue weighted by molar-refractivity contribution is -0.122. The molecule has 1 fully saturated rings. The number of amides is 4. The first-order valence-electron chi connectivity index (χ1n) is 12.2. The summed E-state index contributed by atoms with van der Waals surface area (Å²) in [4.78, 5) is 52.3. The van der Waals surface area contributed by atoms with Crippen LogP contribution >= 0.6 is 0 Å². The number of hydrogen-bond donors (Lipinski definition) is 2. The molecule has 2 atom stereocenters. The lowest BCUT2D eigenvalue weighted by Gasteiger charge is -2.18. The van der Waals surface area contributed by atoms with E-state index in [2.05, 4.69) is 10.6 Å². The molecule has 2 aliphatic rings. The van der Waals surface area contributed by atoms with Crippen LogP contribution in [0.5, 0.6) is 0 Å². The summed E-state index contributed by atoms with van der Waals surface area (Å²) < 4.78 is 0. The summed E-state index contributed by atoms with van der Waals surface area (Å²) in [7, 11) is 0. The average molecular weight is 494 g/mol. The minimum absolute atomic E-state index is 0.175. The molecule has 1 saturated heterocycles. The fourth-order valence-corrected chi connectivity index (χ4v) is 4.80. The van der Waals surface area contributed by atoms with Crippen molar-refractivity contribution in [1.29, 1.82) is 0 Å². The Kier molecular flexibility index (Phi) is 6.44. The Morgan fingerprint density at radius 3 is 1.76 bits per heavy atom. The van der Waals surface area contributed by atoms with Crippen LogP contribution in [-0.2, 0) is 9.59 Å². The van der Waals surface area contributed by atoms with Gasteiger partial charge in [0.05, 0.1) is 17.5 Å². The molecule has 2 N–H and O–H groups in total. The van der Waals surface area contributed by atoms with Gasteiger partial charge in [-0.25, -0.2) is 0 Å². The van der Waals surface area contributed by atoms with Crippen LogP contribution in [0.2, 0.25) is 0 Å². The Morgan fingerprint density at radius 2 is 1.19 bits per heavy atom. The molecule has 3 aromatic rings. The van der Waals surface area contributed by atoms with E-state index in [-0.39, 0.29) is 35.5 Å². The van der Waals surface area contributed by atoms with E-state index < -0.39 is 0 Å². The summed E-state index contributed by atoms with van der Waals surface area (Å²) in [5.41, 5.74) is 4.82. The molecule has 7 heteroatoms. The van der Waals surface area contributed by atoms with Crippen LogP contribution in [0.1, 0.15) is 46.0 Å². The topological polar surface area (TPSA) is 95.6 Å². The maximum absolute atomic E-state index is 12.9. The second-order valence-electron chi connectivity index (χ2n) is 9.61. The summed E-state index contributed by atoms with van der Waals surface area (Å²) in [5, 5.41) is 5.65. The first-order chi connectivity index (χ1) is 17.8. The van der Waals surface area contributed by atoms with Gasteiger partial charge in [-0.05, 0) is 87.4 Å². The van der Waals surface area contributed by atoms with Gasteiger partial charge in [0.15, 0.2) is 0 Å². The number of allylic oxidation sites excluding steroid dienone is 2. The quantitative estimate of drug-likeness (QED) is 0.370. The van der Waals surface area contributed by atoms with E-state index in [9.17, 15) is 19.2 Å². The van der Waals surface area contributed by atoms with E-state index >= 15 is 0 Å². The van der Waals surface area contributed by atoms with Crippen LogP contribution in [0.4, 0.5) is 17.1 Å². The van der Waals surface area contributed by atoms with Gasteiger partial charge in [-0.2, -0.15) is 0 Å². The number of imide groups is 1. The zero-order chi connectivity index (χ0) is 26.1. The van der Waals surface area contributed by atoms with Crippen molar-refractivity contribution in [2.75, 3.05) is 15.5 Å². The number of fused-ring (bicyclic) bond motifs is 1. The van der Waals surface area contributed by atoms with E-state index in [4.69, 9.17) is 0 Å². The Labute approximate surface area is 215 Å².